The Balaban J connectivity index is 1.18. The molecule has 0 N–H and O–H groups in total. The zero-order valence-corrected chi connectivity index (χ0v) is 27.1. The number of para-hydroxylation sites is 1. The third-order valence-corrected chi connectivity index (χ3v) is 9.14. The molecule has 0 saturated heterocycles. The third-order valence-electron chi connectivity index (χ3n) is 9.14. The van der Waals surface area contributed by atoms with Gasteiger partial charge in [0.15, 0.2) is 17.5 Å². The average molecular weight is 655 g/mol. The van der Waals surface area contributed by atoms with Crippen LogP contribution in [-0.4, -0.2) is 29.9 Å². The van der Waals surface area contributed by atoms with Gasteiger partial charge in [-0.2, -0.15) is 0 Å². The van der Waals surface area contributed by atoms with Gasteiger partial charge >= 0.3 is 0 Å². The lowest BCUT2D eigenvalue weighted by Crippen LogP contribution is -2.01. The molecule has 0 bridgehead atoms. The summed E-state index contributed by atoms with van der Waals surface area (Å²) in [6.07, 6.45) is 0. The first-order valence-electron chi connectivity index (χ1n) is 16.7. The average Bonchev–Trinajstić information content (AvgIpc) is 3.59. The topological polar surface area (TPSA) is 90.5 Å². The maximum atomic E-state index is 6.21. The van der Waals surface area contributed by atoms with Gasteiger partial charge in [0.25, 0.3) is 0 Å². The molecule has 10 aromatic rings. The largest absolute Gasteiger partial charge is 0.438 e. The number of fused-ring (bicyclic) bond motifs is 6. The van der Waals surface area contributed by atoms with Crippen molar-refractivity contribution < 1.29 is 4.42 Å². The minimum absolute atomic E-state index is 0.556. The predicted molar refractivity (Wildman–Crippen MR) is 203 cm³/mol. The SMILES string of the molecule is c1ccc(-c2nc(-c3ccccc3)nc(-c3cccc(-c4nc5ccc6ccccc6c5nc4-c4ccc5c(n4)oc4ccccc45)c3)n2)cc1. The van der Waals surface area contributed by atoms with Gasteiger partial charge in [0, 0.05) is 38.4 Å². The van der Waals surface area contributed by atoms with Crippen LogP contribution in [0.25, 0.3) is 101 Å². The zero-order chi connectivity index (χ0) is 33.7. The Bertz CT molecular complexity index is 2870. The highest BCUT2D eigenvalue weighted by Gasteiger charge is 2.19. The summed E-state index contributed by atoms with van der Waals surface area (Å²) in [6.45, 7) is 0. The van der Waals surface area contributed by atoms with Gasteiger partial charge < -0.3 is 4.42 Å². The van der Waals surface area contributed by atoms with Crippen LogP contribution in [0.3, 0.4) is 0 Å². The van der Waals surface area contributed by atoms with Crippen molar-refractivity contribution >= 4 is 43.9 Å². The van der Waals surface area contributed by atoms with Crippen molar-refractivity contribution in [2.45, 2.75) is 0 Å². The van der Waals surface area contributed by atoms with E-state index in [0.29, 0.717) is 40.3 Å². The second kappa shape index (κ2) is 11.8. The van der Waals surface area contributed by atoms with E-state index in [4.69, 9.17) is 34.3 Å². The molecule has 0 aliphatic rings. The number of hydrogen-bond donors (Lipinski definition) is 0. The molecule has 6 aromatic carbocycles. The van der Waals surface area contributed by atoms with Crippen molar-refractivity contribution in [1.29, 1.82) is 0 Å². The van der Waals surface area contributed by atoms with Gasteiger partial charge in [-0.15, -0.1) is 0 Å². The molecule has 0 unspecified atom stereocenters. The van der Waals surface area contributed by atoms with Gasteiger partial charge in [-0.1, -0.05) is 127 Å². The summed E-state index contributed by atoms with van der Waals surface area (Å²) in [4.78, 5) is 30.4. The normalized spacial score (nSPS) is 11.5. The molecule has 0 amide bonds. The van der Waals surface area contributed by atoms with Gasteiger partial charge in [0.05, 0.1) is 22.4 Å². The Kier molecular flexibility index (Phi) is 6.67. The Morgan fingerprint density at radius 1 is 0.373 bits per heavy atom. The maximum Gasteiger partial charge on any atom is 0.227 e. The monoisotopic (exact) mass is 654 g/mol. The van der Waals surface area contributed by atoms with Crippen LogP contribution in [0, 0.1) is 0 Å². The van der Waals surface area contributed by atoms with E-state index in [9.17, 15) is 0 Å². The zero-order valence-electron chi connectivity index (χ0n) is 27.1. The van der Waals surface area contributed by atoms with E-state index in [-0.39, 0.29) is 0 Å². The third kappa shape index (κ3) is 5.07. The number of rotatable bonds is 5. The van der Waals surface area contributed by atoms with Crippen LogP contribution < -0.4 is 0 Å². The number of hydrogen-bond acceptors (Lipinski definition) is 7. The fourth-order valence-corrected chi connectivity index (χ4v) is 6.65. The molecule has 7 heteroatoms. The first kappa shape index (κ1) is 28.9. The molecule has 4 heterocycles. The minimum Gasteiger partial charge on any atom is -0.438 e. The maximum absolute atomic E-state index is 6.21. The van der Waals surface area contributed by atoms with E-state index >= 15 is 0 Å². The summed E-state index contributed by atoms with van der Waals surface area (Å²) in [6, 6.07) is 52.5. The number of benzene rings is 6. The Hall–Kier alpha value is -7.12. The number of nitrogens with zero attached hydrogens (tertiary/aromatic N) is 6. The molecule has 0 aliphatic heterocycles. The lowest BCUT2D eigenvalue weighted by molar-refractivity contribution is 0.654. The number of aromatic nitrogens is 6. The van der Waals surface area contributed by atoms with Crippen LogP contribution in [0.2, 0.25) is 0 Å². The summed E-state index contributed by atoms with van der Waals surface area (Å²) >= 11 is 0. The van der Waals surface area contributed by atoms with Crippen LogP contribution >= 0.6 is 0 Å². The molecule has 0 radical (unpaired) electrons. The summed E-state index contributed by atoms with van der Waals surface area (Å²) in [5.74, 6) is 1.77. The van der Waals surface area contributed by atoms with Crippen molar-refractivity contribution in [3.63, 3.8) is 0 Å². The standard InChI is InChI=1S/C44H26N6O/c1-3-13-28(14-4-1)41-48-42(29-15-5-2-6-16-29)50-43(49-41)31-18-11-17-30(26-31)38-40(47-39-32-19-8-7-12-27(32)22-24-35(39)45-38)36-25-23-34-33-20-9-10-21-37(33)51-44(34)46-36/h1-26H. The highest BCUT2D eigenvalue weighted by Crippen LogP contribution is 2.36. The molecule has 238 valence electrons. The van der Waals surface area contributed by atoms with Crippen LogP contribution in [0.4, 0.5) is 0 Å². The Labute approximate surface area is 292 Å². The molecule has 7 nitrogen and oxygen atoms in total. The highest BCUT2D eigenvalue weighted by atomic mass is 16.3. The smallest absolute Gasteiger partial charge is 0.227 e. The second-order valence-corrected chi connectivity index (χ2v) is 12.3. The van der Waals surface area contributed by atoms with Crippen molar-refractivity contribution in [3.05, 3.63) is 158 Å². The van der Waals surface area contributed by atoms with Crippen molar-refractivity contribution in [1.82, 2.24) is 29.9 Å². The quantitative estimate of drug-likeness (QED) is 0.171. The van der Waals surface area contributed by atoms with Gasteiger partial charge in [0.1, 0.15) is 11.3 Å². The van der Waals surface area contributed by atoms with E-state index in [1.54, 1.807) is 0 Å². The molecular formula is C44H26N6O. The molecule has 0 fully saturated rings. The van der Waals surface area contributed by atoms with E-state index < -0.39 is 0 Å². The van der Waals surface area contributed by atoms with E-state index in [1.165, 1.54) is 0 Å². The molecule has 10 rings (SSSR count). The van der Waals surface area contributed by atoms with E-state index in [2.05, 4.69) is 36.4 Å². The van der Waals surface area contributed by atoms with Crippen LogP contribution in [-0.2, 0) is 0 Å². The summed E-state index contributed by atoms with van der Waals surface area (Å²) in [7, 11) is 0. The van der Waals surface area contributed by atoms with Crippen molar-refractivity contribution in [2.75, 3.05) is 0 Å². The fraction of sp³-hybridized carbons (Fsp3) is 0. The molecule has 0 spiro atoms. The summed E-state index contributed by atoms with van der Waals surface area (Å²) in [5.41, 5.74) is 8.49. The lowest BCUT2D eigenvalue weighted by atomic mass is 10.0. The second-order valence-electron chi connectivity index (χ2n) is 12.3. The Morgan fingerprint density at radius 3 is 1.76 bits per heavy atom. The van der Waals surface area contributed by atoms with Crippen molar-refractivity contribution in [2.24, 2.45) is 0 Å². The first-order valence-corrected chi connectivity index (χ1v) is 16.7. The van der Waals surface area contributed by atoms with E-state index in [0.717, 1.165) is 60.4 Å². The predicted octanol–water partition coefficient (Wildman–Crippen LogP) is 10.6. The van der Waals surface area contributed by atoms with Gasteiger partial charge in [-0.05, 0) is 35.7 Å². The van der Waals surface area contributed by atoms with Gasteiger partial charge in [-0.3, -0.25) is 0 Å². The lowest BCUT2D eigenvalue weighted by Gasteiger charge is -2.13. The minimum atomic E-state index is 0.556. The number of pyridine rings is 1. The molecular weight excluding hydrogens is 629 g/mol. The Morgan fingerprint density at radius 2 is 1.00 bits per heavy atom. The summed E-state index contributed by atoms with van der Waals surface area (Å²) in [5, 5.41) is 4.10. The fourth-order valence-electron chi connectivity index (χ4n) is 6.65. The molecule has 0 saturated carbocycles. The summed E-state index contributed by atoms with van der Waals surface area (Å²) < 4.78 is 6.21. The first-order chi connectivity index (χ1) is 25.2. The highest BCUT2D eigenvalue weighted by molar-refractivity contribution is 6.06. The van der Waals surface area contributed by atoms with Crippen LogP contribution in [0.15, 0.2) is 162 Å². The molecule has 0 aliphatic carbocycles. The van der Waals surface area contributed by atoms with Gasteiger partial charge in [0.2, 0.25) is 5.71 Å². The van der Waals surface area contributed by atoms with Crippen LogP contribution in [0.5, 0.6) is 0 Å². The number of furan rings is 1. The van der Waals surface area contributed by atoms with E-state index in [1.807, 2.05) is 121 Å². The van der Waals surface area contributed by atoms with Crippen LogP contribution in [0.1, 0.15) is 0 Å². The molecule has 0 atom stereocenters. The van der Waals surface area contributed by atoms with Gasteiger partial charge in [-0.25, -0.2) is 29.9 Å². The van der Waals surface area contributed by atoms with Crippen molar-refractivity contribution in [3.8, 4) is 56.8 Å². The molecule has 51 heavy (non-hydrogen) atoms. The molecule has 4 aromatic heterocycles.